The van der Waals surface area contributed by atoms with E-state index in [0.717, 1.165) is 5.56 Å². The van der Waals surface area contributed by atoms with Crippen LogP contribution in [0.15, 0.2) is 30.3 Å². The molecule has 1 rings (SSSR count). The molecule has 0 aliphatic carbocycles. The number of ether oxygens (including phenoxy) is 1. The maximum atomic E-state index is 11.2. The zero-order valence-electron chi connectivity index (χ0n) is 9.72. The van der Waals surface area contributed by atoms with Crippen molar-refractivity contribution in [1.29, 1.82) is 0 Å². The van der Waals surface area contributed by atoms with Gasteiger partial charge >= 0.3 is 0 Å². The van der Waals surface area contributed by atoms with E-state index in [9.17, 15) is 4.79 Å². The van der Waals surface area contributed by atoms with Crippen molar-refractivity contribution in [3.63, 3.8) is 0 Å². The molecule has 1 aromatic rings. The van der Waals surface area contributed by atoms with Gasteiger partial charge in [-0.3, -0.25) is 9.63 Å². The van der Waals surface area contributed by atoms with Crippen LogP contribution < -0.4 is 11.2 Å². The second kappa shape index (κ2) is 8.69. The van der Waals surface area contributed by atoms with E-state index in [2.05, 4.69) is 5.48 Å². The number of rotatable bonds is 8. The molecule has 0 radical (unpaired) electrons. The molecule has 94 valence electrons. The van der Waals surface area contributed by atoms with Crippen molar-refractivity contribution in [3.05, 3.63) is 35.9 Å². The van der Waals surface area contributed by atoms with Gasteiger partial charge in [0, 0.05) is 6.54 Å². The zero-order chi connectivity index (χ0) is 12.3. The Kier molecular flexibility index (Phi) is 6.97. The van der Waals surface area contributed by atoms with Gasteiger partial charge in [-0.25, -0.2) is 5.48 Å². The van der Waals surface area contributed by atoms with Gasteiger partial charge in [0.2, 0.25) is 5.91 Å². The zero-order valence-corrected chi connectivity index (χ0v) is 9.72. The van der Waals surface area contributed by atoms with E-state index in [1.165, 1.54) is 0 Å². The van der Waals surface area contributed by atoms with Crippen molar-refractivity contribution >= 4 is 5.91 Å². The van der Waals surface area contributed by atoms with Gasteiger partial charge in [0.15, 0.2) is 0 Å². The maximum Gasteiger partial charge on any atom is 0.245 e. The van der Waals surface area contributed by atoms with Crippen LogP contribution in [-0.2, 0) is 21.0 Å². The molecule has 0 atom stereocenters. The maximum absolute atomic E-state index is 11.2. The van der Waals surface area contributed by atoms with Crippen molar-refractivity contribution in [2.45, 2.75) is 13.0 Å². The molecule has 0 spiro atoms. The molecule has 0 fully saturated rings. The minimum atomic E-state index is -0.196. The number of nitrogens with two attached hydrogens (primary N) is 1. The average Bonchev–Trinajstić information content (AvgIpc) is 2.36. The van der Waals surface area contributed by atoms with Crippen LogP contribution in [0, 0.1) is 0 Å². The second-order valence-electron chi connectivity index (χ2n) is 3.45. The fourth-order valence-electron chi connectivity index (χ4n) is 1.18. The van der Waals surface area contributed by atoms with E-state index in [1.807, 2.05) is 30.3 Å². The van der Waals surface area contributed by atoms with E-state index in [4.69, 9.17) is 15.3 Å². The third-order valence-corrected chi connectivity index (χ3v) is 2.00. The molecule has 0 bridgehead atoms. The SMILES string of the molecule is NCCOCCC(=O)NOCc1ccccc1. The number of carbonyl (C=O) groups is 1. The highest BCUT2D eigenvalue weighted by Crippen LogP contribution is 1.98. The summed E-state index contributed by atoms with van der Waals surface area (Å²) in [5.74, 6) is -0.196. The first-order chi connectivity index (χ1) is 8.33. The van der Waals surface area contributed by atoms with E-state index in [1.54, 1.807) is 0 Å². The molecule has 0 aliphatic rings. The number of carbonyl (C=O) groups excluding carboxylic acids is 1. The minimum absolute atomic E-state index is 0.196. The lowest BCUT2D eigenvalue weighted by Gasteiger charge is -2.06. The summed E-state index contributed by atoms with van der Waals surface area (Å²) in [5, 5.41) is 0. The molecule has 17 heavy (non-hydrogen) atoms. The summed E-state index contributed by atoms with van der Waals surface area (Å²) >= 11 is 0. The molecule has 3 N–H and O–H groups in total. The Labute approximate surface area is 101 Å². The molecular weight excluding hydrogens is 220 g/mol. The van der Waals surface area contributed by atoms with Gasteiger partial charge in [-0.2, -0.15) is 0 Å². The van der Waals surface area contributed by atoms with E-state index >= 15 is 0 Å². The third-order valence-electron chi connectivity index (χ3n) is 2.00. The van der Waals surface area contributed by atoms with Gasteiger partial charge in [-0.05, 0) is 5.56 Å². The van der Waals surface area contributed by atoms with Gasteiger partial charge < -0.3 is 10.5 Å². The molecule has 0 saturated heterocycles. The highest BCUT2D eigenvalue weighted by atomic mass is 16.6. The molecule has 5 nitrogen and oxygen atoms in total. The third kappa shape index (κ3) is 6.68. The Morgan fingerprint density at radius 3 is 2.71 bits per heavy atom. The molecule has 0 unspecified atom stereocenters. The van der Waals surface area contributed by atoms with Crippen molar-refractivity contribution in [2.24, 2.45) is 5.73 Å². The normalized spacial score (nSPS) is 10.2. The molecule has 1 amide bonds. The minimum Gasteiger partial charge on any atom is -0.380 e. The lowest BCUT2D eigenvalue weighted by molar-refractivity contribution is -0.135. The monoisotopic (exact) mass is 238 g/mol. The van der Waals surface area contributed by atoms with Crippen molar-refractivity contribution in [3.8, 4) is 0 Å². The van der Waals surface area contributed by atoms with Crippen LogP contribution >= 0.6 is 0 Å². The highest BCUT2D eigenvalue weighted by Gasteiger charge is 2.00. The Morgan fingerprint density at radius 2 is 2.00 bits per heavy atom. The summed E-state index contributed by atoms with van der Waals surface area (Å²) in [4.78, 5) is 16.3. The van der Waals surface area contributed by atoms with Crippen LogP contribution in [0.2, 0.25) is 0 Å². The van der Waals surface area contributed by atoms with Gasteiger partial charge in [0.05, 0.1) is 26.2 Å². The molecular formula is C12H18N2O3. The Bertz CT molecular complexity index is 317. The predicted octanol–water partition coefficient (Wildman–Crippen LogP) is 0.600. The van der Waals surface area contributed by atoms with E-state index in [0.29, 0.717) is 26.4 Å². The highest BCUT2D eigenvalue weighted by molar-refractivity contribution is 5.74. The molecule has 1 aromatic carbocycles. The summed E-state index contributed by atoms with van der Waals surface area (Å²) in [7, 11) is 0. The van der Waals surface area contributed by atoms with Crippen LogP contribution in [0.5, 0.6) is 0 Å². The van der Waals surface area contributed by atoms with E-state index < -0.39 is 0 Å². The molecule has 0 aromatic heterocycles. The van der Waals surface area contributed by atoms with E-state index in [-0.39, 0.29) is 12.3 Å². The lowest BCUT2D eigenvalue weighted by atomic mass is 10.2. The summed E-state index contributed by atoms with van der Waals surface area (Å²) in [6.07, 6.45) is 0.273. The first kappa shape index (κ1) is 13.6. The number of hydroxylamine groups is 1. The molecule has 5 heteroatoms. The first-order valence-corrected chi connectivity index (χ1v) is 5.55. The molecule has 0 aliphatic heterocycles. The standard InChI is InChI=1S/C12H18N2O3/c13-7-9-16-8-6-12(15)14-17-10-11-4-2-1-3-5-11/h1-5H,6-10,13H2,(H,14,15). The predicted molar refractivity (Wildman–Crippen MR) is 63.9 cm³/mol. The fourth-order valence-corrected chi connectivity index (χ4v) is 1.18. The van der Waals surface area contributed by atoms with Gasteiger partial charge in [-0.1, -0.05) is 30.3 Å². The summed E-state index contributed by atoms with van der Waals surface area (Å²) in [6, 6.07) is 9.62. The number of nitrogens with one attached hydrogen (secondary N) is 1. The smallest absolute Gasteiger partial charge is 0.245 e. The molecule has 0 heterocycles. The van der Waals surface area contributed by atoms with Crippen LogP contribution in [0.25, 0.3) is 0 Å². The van der Waals surface area contributed by atoms with Crippen LogP contribution in [0.3, 0.4) is 0 Å². The average molecular weight is 238 g/mol. The van der Waals surface area contributed by atoms with Gasteiger partial charge in [0.1, 0.15) is 0 Å². The number of benzene rings is 1. The van der Waals surface area contributed by atoms with Crippen molar-refractivity contribution < 1.29 is 14.4 Å². The van der Waals surface area contributed by atoms with Crippen LogP contribution in [0.4, 0.5) is 0 Å². The Balaban J connectivity index is 2.04. The Hall–Kier alpha value is -1.43. The van der Waals surface area contributed by atoms with Crippen LogP contribution in [0.1, 0.15) is 12.0 Å². The van der Waals surface area contributed by atoms with Crippen molar-refractivity contribution in [2.75, 3.05) is 19.8 Å². The number of amides is 1. The van der Waals surface area contributed by atoms with Crippen molar-refractivity contribution in [1.82, 2.24) is 5.48 Å². The fraction of sp³-hybridized carbons (Fsp3) is 0.417. The summed E-state index contributed by atoms with van der Waals surface area (Å²) in [5.41, 5.74) is 8.60. The molecule has 0 saturated carbocycles. The first-order valence-electron chi connectivity index (χ1n) is 5.55. The Morgan fingerprint density at radius 1 is 1.24 bits per heavy atom. The second-order valence-corrected chi connectivity index (χ2v) is 3.45. The topological polar surface area (TPSA) is 73.6 Å². The van der Waals surface area contributed by atoms with Crippen LogP contribution in [-0.4, -0.2) is 25.7 Å². The lowest BCUT2D eigenvalue weighted by Crippen LogP contribution is -2.25. The largest absolute Gasteiger partial charge is 0.380 e. The quantitative estimate of drug-likeness (QED) is 0.514. The number of hydrogen-bond acceptors (Lipinski definition) is 4. The van der Waals surface area contributed by atoms with Gasteiger partial charge in [0.25, 0.3) is 0 Å². The number of hydrogen-bond donors (Lipinski definition) is 2. The van der Waals surface area contributed by atoms with Gasteiger partial charge in [-0.15, -0.1) is 0 Å². The summed E-state index contributed by atoms with van der Waals surface area (Å²) < 4.78 is 5.08. The summed E-state index contributed by atoms with van der Waals surface area (Å²) in [6.45, 7) is 1.65.